The second-order valence-electron chi connectivity index (χ2n) is 5.96. The molecule has 0 spiro atoms. The van der Waals surface area contributed by atoms with Crippen molar-refractivity contribution in [2.45, 2.75) is 31.3 Å². The zero-order valence-electron chi connectivity index (χ0n) is 13.2. The van der Waals surface area contributed by atoms with Crippen LogP contribution in [0.2, 0.25) is 5.02 Å². The molecule has 0 aliphatic carbocycles. The quantitative estimate of drug-likeness (QED) is 0.877. The number of rotatable bonds is 5. The molecule has 5 heteroatoms. The summed E-state index contributed by atoms with van der Waals surface area (Å²) in [6, 6.07) is 16.9. The lowest BCUT2D eigenvalue weighted by atomic mass is 9.98. The Hall–Kier alpha value is -2.33. The third kappa shape index (κ3) is 4.15. The Morgan fingerprint density at radius 3 is 2.50 bits per heavy atom. The number of amides is 2. The van der Waals surface area contributed by atoms with Gasteiger partial charge in [-0.2, -0.15) is 0 Å². The molecule has 2 atom stereocenters. The van der Waals surface area contributed by atoms with E-state index in [-0.39, 0.29) is 17.9 Å². The summed E-state index contributed by atoms with van der Waals surface area (Å²) in [5.41, 5.74) is 2.12. The van der Waals surface area contributed by atoms with Gasteiger partial charge in [-0.1, -0.05) is 54.1 Å². The minimum absolute atomic E-state index is 0.0656. The summed E-state index contributed by atoms with van der Waals surface area (Å²) in [4.78, 5) is 23.8. The molecule has 24 heavy (non-hydrogen) atoms. The number of hydrogen-bond donors (Lipinski definition) is 2. The summed E-state index contributed by atoms with van der Waals surface area (Å²) >= 11 is 5.94. The van der Waals surface area contributed by atoms with Crippen molar-refractivity contribution in [2.75, 3.05) is 0 Å². The van der Waals surface area contributed by atoms with Crippen LogP contribution in [0, 0.1) is 0 Å². The van der Waals surface area contributed by atoms with Crippen molar-refractivity contribution in [3.05, 3.63) is 70.7 Å². The maximum Gasteiger partial charge on any atom is 0.243 e. The first-order chi connectivity index (χ1) is 11.6. The average molecular weight is 343 g/mol. The SMILES string of the molecule is O=C1CC[C@@H](C(=O)N[C@@H](Cc2ccc(Cl)cc2)c2ccccc2)N1. The van der Waals surface area contributed by atoms with Gasteiger partial charge < -0.3 is 10.6 Å². The van der Waals surface area contributed by atoms with Crippen LogP contribution >= 0.6 is 11.6 Å². The van der Waals surface area contributed by atoms with E-state index in [0.29, 0.717) is 24.3 Å². The van der Waals surface area contributed by atoms with E-state index < -0.39 is 6.04 Å². The van der Waals surface area contributed by atoms with Gasteiger partial charge >= 0.3 is 0 Å². The van der Waals surface area contributed by atoms with Crippen molar-refractivity contribution in [3.8, 4) is 0 Å². The van der Waals surface area contributed by atoms with Crippen molar-refractivity contribution < 1.29 is 9.59 Å². The molecule has 0 bridgehead atoms. The minimum Gasteiger partial charge on any atom is -0.347 e. The lowest BCUT2D eigenvalue weighted by Crippen LogP contribution is -2.43. The first-order valence-electron chi connectivity index (χ1n) is 8.01. The third-order valence-electron chi connectivity index (χ3n) is 4.18. The fourth-order valence-electron chi connectivity index (χ4n) is 2.88. The molecule has 1 fully saturated rings. The van der Waals surface area contributed by atoms with Crippen LogP contribution in [0.1, 0.15) is 30.0 Å². The van der Waals surface area contributed by atoms with Gasteiger partial charge in [0.05, 0.1) is 6.04 Å². The summed E-state index contributed by atoms with van der Waals surface area (Å²) in [5, 5.41) is 6.47. The fourth-order valence-corrected chi connectivity index (χ4v) is 3.00. The molecule has 2 amide bonds. The number of nitrogens with one attached hydrogen (secondary N) is 2. The van der Waals surface area contributed by atoms with Gasteiger partial charge in [0.25, 0.3) is 0 Å². The van der Waals surface area contributed by atoms with E-state index in [4.69, 9.17) is 11.6 Å². The lowest BCUT2D eigenvalue weighted by molar-refractivity contribution is -0.126. The molecule has 0 unspecified atom stereocenters. The van der Waals surface area contributed by atoms with Crippen LogP contribution < -0.4 is 10.6 Å². The van der Waals surface area contributed by atoms with Gasteiger partial charge in [0.15, 0.2) is 0 Å². The van der Waals surface area contributed by atoms with Crippen LogP contribution in [0.25, 0.3) is 0 Å². The fraction of sp³-hybridized carbons (Fsp3) is 0.263. The lowest BCUT2D eigenvalue weighted by Gasteiger charge is -2.21. The number of hydrogen-bond acceptors (Lipinski definition) is 2. The highest BCUT2D eigenvalue weighted by Crippen LogP contribution is 2.20. The summed E-state index contributed by atoms with van der Waals surface area (Å²) in [7, 11) is 0. The molecule has 124 valence electrons. The topological polar surface area (TPSA) is 58.2 Å². The van der Waals surface area contributed by atoms with Crippen LogP contribution in [0.5, 0.6) is 0 Å². The van der Waals surface area contributed by atoms with Crippen LogP contribution in [0.4, 0.5) is 0 Å². The van der Waals surface area contributed by atoms with Gasteiger partial charge in [-0.25, -0.2) is 0 Å². The van der Waals surface area contributed by atoms with E-state index in [1.807, 2.05) is 54.6 Å². The first kappa shape index (κ1) is 16.5. The molecule has 1 heterocycles. The molecule has 0 saturated carbocycles. The highest BCUT2D eigenvalue weighted by Gasteiger charge is 2.28. The average Bonchev–Trinajstić information content (AvgIpc) is 3.03. The minimum atomic E-state index is -0.436. The molecule has 1 aliphatic heterocycles. The van der Waals surface area contributed by atoms with Crippen molar-refractivity contribution in [2.24, 2.45) is 0 Å². The predicted octanol–water partition coefficient (Wildman–Crippen LogP) is 3.02. The Kier molecular flexibility index (Phi) is 5.16. The molecule has 4 nitrogen and oxygen atoms in total. The molecule has 1 saturated heterocycles. The van der Waals surface area contributed by atoms with Crippen LogP contribution in [-0.2, 0) is 16.0 Å². The van der Waals surface area contributed by atoms with Gasteiger partial charge in [-0.05, 0) is 36.1 Å². The van der Waals surface area contributed by atoms with Gasteiger partial charge in [-0.15, -0.1) is 0 Å². The Morgan fingerprint density at radius 2 is 1.88 bits per heavy atom. The maximum atomic E-state index is 12.5. The Bertz CT molecular complexity index is 716. The Morgan fingerprint density at radius 1 is 1.17 bits per heavy atom. The monoisotopic (exact) mass is 342 g/mol. The van der Waals surface area contributed by atoms with Crippen molar-refractivity contribution in [3.63, 3.8) is 0 Å². The van der Waals surface area contributed by atoms with E-state index in [1.54, 1.807) is 0 Å². The summed E-state index contributed by atoms with van der Waals surface area (Å²) in [6.45, 7) is 0. The van der Waals surface area contributed by atoms with E-state index in [1.165, 1.54) is 0 Å². The maximum absolute atomic E-state index is 12.5. The normalized spacial score (nSPS) is 18.0. The molecule has 2 aromatic rings. The summed E-state index contributed by atoms with van der Waals surface area (Å²) in [5.74, 6) is -0.201. The van der Waals surface area contributed by atoms with Crippen LogP contribution in [0.15, 0.2) is 54.6 Å². The van der Waals surface area contributed by atoms with Crippen molar-refractivity contribution >= 4 is 23.4 Å². The summed E-state index contributed by atoms with van der Waals surface area (Å²) in [6.07, 6.45) is 1.62. The van der Waals surface area contributed by atoms with Gasteiger partial charge in [0.2, 0.25) is 11.8 Å². The van der Waals surface area contributed by atoms with Crippen LogP contribution in [0.3, 0.4) is 0 Å². The summed E-state index contributed by atoms with van der Waals surface area (Å²) < 4.78 is 0. The van der Waals surface area contributed by atoms with Gasteiger partial charge in [0.1, 0.15) is 6.04 Å². The molecule has 0 radical (unpaired) electrons. The second-order valence-corrected chi connectivity index (χ2v) is 6.40. The zero-order valence-corrected chi connectivity index (χ0v) is 13.9. The molecular formula is C19H19ClN2O2. The predicted molar refractivity (Wildman–Crippen MR) is 93.6 cm³/mol. The molecule has 3 rings (SSSR count). The molecule has 2 aromatic carbocycles. The number of carbonyl (C=O) groups is 2. The second kappa shape index (κ2) is 7.49. The van der Waals surface area contributed by atoms with Crippen molar-refractivity contribution in [1.82, 2.24) is 10.6 Å². The van der Waals surface area contributed by atoms with E-state index in [9.17, 15) is 9.59 Å². The Balaban J connectivity index is 1.76. The molecule has 1 aliphatic rings. The number of benzene rings is 2. The number of carbonyl (C=O) groups excluding carboxylic acids is 2. The molecule has 0 aromatic heterocycles. The Labute approximate surface area is 146 Å². The van der Waals surface area contributed by atoms with E-state index in [2.05, 4.69) is 10.6 Å². The zero-order chi connectivity index (χ0) is 16.9. The van der Waals surface area contributed by atoms with Crippen LogP contribution in [-0.4, -0.2) is 17.9 Å². The smallest absolute Gasteiger partial charge is 0.243 e. The van der Waals surface area contributed by atoms with E-state index in [0.717, 1.165) is 11.1 Å². The van der Waals surface area contributed by atoms with E-state index >= 15 is 0 Å². The van der Waals surface area contributed by atoms with Crippen molar-refractivity contribution in [1.29, 1.82) is 0 Å². The largest absolute Gasteiger partial charge is 0.347 e. The number of halogens is 1. The molecular weight excluding hydrogens is 324 g/mol. The third-order valence-corrected chi connectivity index (χ3v) is 4.44. The standard InChI is InChI=1S/C19H19ClN2O2/c20-15-8-6-13(7-9-15)12-17(14-4-2-1-3-5-14)22-19(24)16-10-11-18(23)21-16/h1-9,16-17H,10-12H2,(H,21,23)(H,22,24)/t16-,17-/m0/s1. The highest BCUT2D eigenvalue weighted by molar-refractivity contribution is 6.30. The first-order valence-corrected chi connectivity index (χ1v) is 8.39. The highest BCUT2D eigenvalue weighted by atomic mass is 35.5. The van der Waals surface area contributed by atoms with Gasteiger partial charge in [-0.3, -0.25) is 9.59 Å². The van der Waals surface area contributed by atoms with Gasteiger partial charge in [0, 0.05) is 11.4 Å². The molecule has 2 N–H and O–H groups in total.